The van der Waals surface area contributed by atoms with Crippen molar-refractivity contribution in [2.24, 2.45) is 5.92 Å². The predicted molar refractivity (Wildman–Crippen MR) is 56.2 cm³/mol. The van der Waals surface area contributed by atoms with Crippen molar-refractivity contribution in [3.05, 3.63) is 0 Å². The van der Waals surface area contributed by atoms with E-state index >= 15 is 0 Å². The third-order valence-electron chi connectivity index (χ3n) is 2.70. The third kappa shape index (κ3) is 3.57. The molecular weight excluding hydrogens is 146 g/mol. The van der Waals surface area contributed by atoms with Crippen molar-refractivity contribution in [1.82, 2.24) is 0 Å². The van der Waals surface area contributed by atoms with Crippen molar-refractivity contribution >= 4 is 0 Å². The van der Waals surface area contributed by atoms with Gasteiger partial charge in [-0.3, -0.25) is 0 Å². The summed E-state index contributed by atoms with van der Waals surface area (Å²) in [5.74, 6) is 0.859. The van der Waals surface area contributed by atoms with Crippen LogP contribution in [0.4, 0.5) is 0 Å². The minimum atomic E-state index is 0. The number of rotatable bonds is 2. The molecule has 0 unspecified atom stereocenters. The van der Waals surface area contributed by atoms with Gasteiger partial charge in [-0.15, -0.1) is 0 Å². The van der Waals surface area contributed by atoms with Gasteiger partial charge < -0.3 is 4.48 Å². The average molecular weight is 172 g/mol. The Balaban J connectivity index is 0.00000121. The molecule has 0 aromatic rings. The normalized spacial score (nSPS) is 22.0. The summed E-state index contributed by atoms with van der Waals surface area (Å²) in [6, 6.07) is 0. The molecule has 74 valence electrons. The molecule has 1 aliphatic heterocycles. The van der Waals surface area contributed by atoms with Crippen molar-refractivity contribution in [3.8, 4) is 0 Å². The van der Waals surface area contributed by atoms with Gasteiger partial charge in [0.15, 0.2) is 0 Å². The van der Waals surface area contributed by atoms with Gasteiger partial charge in [-0.05, 0) is 19.3 Å². The number of hydrogen-bond donors (Lipinski definition) is 0. The minimum absolute atomic E-state index is 0. The monoisotopic (exact) mass is 172 g/mol. The third-order valence-corrected chi connectivity index (χ3v) is 2.70. The molecule has 0 atom stereocenters. The van der Waals surface area contributed by atoms with Gasteiger partial charge in [0.05, 0.1) is 26.7 Å². The zero-order valence-corrected chi connectivity index (χ0v) is 8.27. The SMILES string of the molecule is C.CC(C)C[N+]1(C)CCCCC1. The maximum atomic E-state index is 2.42. The molecule has 1 aliphatic rings. The number of nitrogens with zero attached hydrogens (tertiary/aromatic N) is 1. The first-order valence-electron chi connectivity index (χ1n) is 4.96. The molecule has 0 saturated carbocycles. The highest BCUT2D eigenvalue weighted by Crippen LogP contribution is 2.17. The van der Waals surface area contributed by atoms with Crippen molar-refractivity contribution in [2.75, 3.05) is 26.7 Å². The molecule has 1 saturated heterocycles. The van der Waals surface area contributed by atoms with E-state index in [1.54, 1.807) is 0 Å². The van der Waals surface area contributed by atoms with E-state index in [1.165, 1.54) is 43.4 Å². The zero-order chi connectivity index (χ0) is 8.32. The largest absolute Gasteiger partial charge is 0.326 e. The molecule has 1 heterocycles. The highest BCUT2D eigenvalue weighted by Gasteiger charge is 2.24. The fourth-order valence-corrected chi connectivity index (χ4v) is 2.34. The summed E-state index contributed by atoms with van der Waals surface area (Å²) in [4.78, 5) is 0. The van der Waals surface area contributed by atoms with Gasteiger partial charge in [0.2, 0.25) is 0 Å². The summed E-state index contributed by atoms with van der Waals surface area (Å²) in [5.41, 5.74) is 0. The zero-order valence-electron chi connectivity index (χ0n) is 8.27. The van der Waals surface area contributed by atoms with Gasteiger partial charge in [-0.1, -0.05) is 21.3 Å². The first-order valence-corrected chi connectivity index (χ1v) is 4.96. The van der Waals surface area contributed by atoms with Crippen LogP contribution in [0.2, 0.25) is 0 Å². The van der Waals surface area contributed by atoms with Crippen LogP contribution in [0, 0.1) is 5.92 Å². The van der Waals surface area contributed by atoms with E-state index < -0.39 is 0 Å². The molecule has 1 nitrogen and oxygen atoms in total. The topological polar surface area (TPSA) is 0 Å². The number of piperidine rings is 1. The number of likely N-dealkylation sites (tertiary alicyclic amines) is 1. The lowest BCUT2D eigenvalue weighted by Gasteiger charge is -2.39. The van der Waals surface area contributed by atoms with Crippen LogP contribution < -0.4 is 0 Å². The molecule has 1 fully saturated rings. The predicted octanol–water partition coefficient (Wildman–Crippen LogP) is 2.91. The van der Waals surface area contributed by atoms with Crippen LogP contribution in [0.5, 0.6) is 0 Å². The first-order chi connectivity index (χ1) is 5.12. The lowest BCUT2D eigenvalue weighted by atomic mass is 10.1. The van der Waals surface area contributed by atoms with Crippen LogP contribution in [0.25, 0.3) is 0 Å². The molecule has 0 N–H and O–H groups in total. The summed E-state index contributed by atoms with van der Waals surface area (Å²) >= 11 is 0. The number of quaternary nitrogens is 1. The second-order valence-corrected chi connectivity index (χ2v) is 4.70. The van der Waals surface area contributed by atoms with E-state index in [4.69, 9.17) is 0 Å². The van der Waals surface area contributed by atoms with E-state index in [-0.39, 0.29) is 7.43 Å². The quantitative estimate of drug-likeness (QED) is 0.562. The van der Waals surface area contributed by atoms with E-state index in [1.807, 2.05) is 0 Å². The Hall–Kier alpha value is -0.0400. The molecular formula is C11H26N+. The Bertz CT molecular complexity index is 112. The molecule has 0 radical (unpaired) electrons. The molecule has 0 amide bonds. The summed E-state index contributed by atoms with van der Waals surface area (Å²) in [5, 5.41) is 0. The van der Waals surface area contributed by atoms with Crippen LogP contribution in [-0.4, -0.2) is 31.2 Å². The van der Waals surface area contributed by atoms with Gasteiger partial charge in [0.25, 0.3) is 0 Å². The molecule has 1 rings (SSSR count). The fourth-order valence-electron chi connectivity index (χ4n) is 2.34. The fraction of sp³-hybridized carbons (Fsp3) is 1.00. The van der Waals surface area contributed by atoms with Gasteiger partial charge in [-0.25, -0.2) is 0 Å². The van der Waals surface area contributed by atoms with E-state index in [9.17, 15) is 0 Å². The second-order valence-electron chi connectivity index (χ2n) is 4.70. The van der Waals surface area contributed by atoms with Crippen molar-refractivity contribution in [3.63, 3.8) is 0 Å². The van der Waals surface area contributed by atoms with E-state index in [2.05, 4.69) is 20.9 Å². The smallest absolute Gasteiger partial charge is 0.0807 e. The van der Waals surface area contributed by atoms with Crippen LogP contribution in [0.1, 0.15) is 40.5 Å². The molecule has 0 aliphatic carbocycles. The lowest BCUT2D eigenvalue weighted by Crippen LogP contribution is -2.49. The van der Waals surface area contributed by atoms with Crippen molar-refractivity contribution < 1.29 is 4.48 Å². The maximum absolute atomic E-state index is 2.42. The Morgan fingerprint density at radius 3 is 2.00 bits per heavy atom. The summed E-state index contributed by atoms with van der Waals surface area (Å²) in [7, 11) is 2.42. The Morgan fingerprint density at radius 1 is 1.08 bits per heavy atom. The molecule has 0 spiro atoms. The average Bonchev–Trinajstić information content (AvgIpc) is 1.85. The Morgan fingerprint density at radius 2 is 1.58 bits per heavy atom. The van der Waals surface area contributed by atoms with Crippen LogP contribution in [-0.2, 0) is 0 Å². The van der Waals surface area contributed by atoms with Crippen LogP contribution in [0.15, 0.2) is 0 Å². The maximum Gasteiger partial charge on any atom is 0.0807 e. The molecule has 0 aromatic heterocycles. The first kappa shape index (κ1) is 12.0. The van der Waals surface area contributed by atoms with E-state index in [0.717, 1.165) is 5.92 Å². The minimum Gasteiger partial charge on any atom is -0.326 e. The molecule has 1 heteroatoms. The highest BCUT2D eigenvalue weighted by atomic mass is 15.3. The van der Waals surface area contributed by atoms with Crippen molar-refractivity contribution in [2.45, 2.75) is 40.5 Å². The van der Waals surface area contributed by atoms with E-state index in [0.29, 0.717) is 0 Å². The Labute approximate surface area is 78.4 Å². The standard InChI is InChI=1S/C10H22N.CH4/c1-10(2)9-11(3)7-5-4-6-8-11;/h10H,4-9H2,1-3H3;1H4/q+1;. The van der Waals surface area contributed by atoms with Crippen LogP contribution >= 0.6 is 0 Å². The second kappa shape index (κ2) is 4.86. The lowest BCUT2D eigenvalue weighted by molar-refractivity contribution is -0.916. The summed E-state index contributed by atoms with van der Waals surface area (Å²) in [6.07, 6.45) is 4.36. The summed E-state index contributed by atoms with van der Waals surface area (Å²) < 4.78 is 1.33. The Kier molecular flexibility index (Phi) is 4.84. The highest BCUT2D eigenvalue weighted by molar-refractivity contribution is 4.53. The molecule has 0 bridgehead atoms. The van der Waals surface area contributed by atoms with Gasteiger partial charge in [-0.2, -0.15) is 0 Å². The van der Waals surface area contributed by atoms with Gasteiger partial charge >= 0.3 is 0 Å². The molecule has 12 heavy (non-hydrogen) atoms. The van der Waals surface area contributed by atoms with Gasteiger partial charge in [0, 0.05) is 5.92 Å². The molecule has 0 aromatic carbocycles. The van der Waals surface area contributed by atoms with Gasteiger partial charge in [0.1, 0.15) is 0 Å². The summed E-state index contributed by atoms with van der Waals surface area (Å²) in [6.45, 7) is 8.87. The number of hydrogen-bond acceptors (Lipinski definition) is 0. The van der Waals surface area contributed by atoms with Crippen molar-refractivity contribution in [1.29, 1.82) is 0 Å². The van der Waals surface area contributed by atoms with Crippen LogP contribution in [0.3, 0.4) is 0 Å².